The van der Waals surface area contributed by atoms with E-state index in [9.17, 15) is 19.8 Å². The van der Waals surface area contributed by atoms with Crippen LogP contribution in [0.5, 0.6) is 11.5 Å². The van der Waals surface area contributed by atoms with Gasteiger partial charge in [-0.1, -0.05) is 0 Å². The van der Waals surface area contributed by atoms with Crippen LogP contribution in [0.4, 0.5) is 0 Å². The van der Waals surface area contributed by atoms with Crippen molar-refractivity contribution < 1.29 is 29.3 Å². The second-order valence-electron chi connectivity index (χ2n) is 7.96. The van der Waals surface area contributed by atoms with Gasteiger partial charge in [0.1, 0.15) is 17.3 Å². The van der Waals surface area contributed by atoms with Crippen molar-refractivity contribution in [2.75, 3.05) is 46.5 Å². The van der Waals surface area contributed by atoms with E-state index in [1.165, 1.54) is 24.1 Å². The minimum Gasteiger partial charge on any atom is -0.507 e. The first-order valence-corrected chi connectivity index (χ1v) is 10.9. The fourth-order valence-corrected chi connectivity index (χ4v) is 4.28. The van der Waals surface area contributed by atoms with Gasteiger partial charge >= 0.3 is 0 Å². The smallest absolute Gasteiger partial charge is 0.295 e. The fourth-order valence-electron chi connectivity index (χ4n) is 4.28. The summed E-state index contributed by atoms with van der Waals surface area (Å²) in [5.41, 5.74) is 0.657. The molecule has 2 aromatic rings. The highest BCUT2D eigenvalue weighted by Gasteiger charge is 2.46. The van der Waals surface area contributed by atoms with Crippen molar-refractivity contribution >= 4 is 17.4 Å². The Morgan fingerprint density at radius 2 is 1.88 bits per heavy atom. The predicted molar refractivity (Wildman–Crippen MR) is 120 cm³/mol. The first-order valence-electron chi connectivity index (χ1n) is 10.9. The van der Waals surface area contributed by atoms with Crippen molar-refractivity contribution in [3.05, 3.63) is 59.4 Å². The number of aliphatic hydroxyl groups excluding tert-OH is 1. The van der Waals surface area contributed by atoms with Gasteiger partial charge in [-0.05, 0) is 36.2 Å². The van der Waals surface area contributed by atoms with Crippen molar-refractivity contribution in [1.29, 1.82) is 0 Å². The van der Waals surface area contributed by atoms with Crippen LogP contribution in [0.2, 0.25) is 0 Å². The molecule has 0 radical (unpaired) electrons. The standard InChI is InChI=1S/C24H27N3O6/c1-32-17-3-4-18(19(28)15-17)22(29)20-21(16-5-7-25-8-6-16)27(24(31)23(20)30)10-2-9-26-11-13-33-14-12-26/h3-8,15,21,28-29H,2,9-14H2,1H3/t21-/m1/s1. The first-order chi connectivity index (χ1) is 16.0. The number of pyridine rings is 1. The van der Waals surface area contributed by atoms with Crippen molar-refractivity contribution in [2.45, 2.75) is 12.5 Å². The number of ether oxygens (including phenoxy) is 2. The zero-order valence-electron chi connectivity index (χ0n) is 18.4. The number of hydrogen-bond acceptors (Lipinski definition) is 8. The van der Waals surface area contributed by atoms with Crippen molar-refractivity contribution in [1.82, 2.24) is 14.8 Å². The van der Waals surface area contributed by atoms with Crippen LogP contribution in [0.1, 0.15) is 23.6 Å². The maximum absolute atomic E-state index is 13.1. The number of amides is 1. The number of Topliss-reactive ketones (excluding diaryl/α,β-unsaturated/α-hetero) is 1. The molecule has 1 amide bonds. The van der Waals surface area contributed by atoms with E-state index in [1.54, 1.807) is 30.6 Å². The molecule has 4 rings (SSSR count). The van der Waals surface area contributed by atoms with Crippen molar-refractivity contribution in [2.24, 2.45) is 0 Å². The van der Waals surface area contributed by atoms with Crippen LogP contribution in [0.25, 0.3) is 5.76 Å². The van der Waals surface area contributed by atoms with Gasteiger partial charge in [0.05, 0.1) is 37.5 Å². The number of carbonyl (C=O) groups is 2. The fraction of sp³-hybridized carbons (Fsp3) is 0.375. The zero-order chi connectivity index (χ0) is 23.4. The van der Waals surface area contributed by atoms with E-state index in [-0.39, 0.29) is 16.9 Å². The number of benzene rings is 1. The number of methoxy groups -OCH3 is 1. The quantitative estimate of drug-likeness (QED) is 0.372. The number of rotatable bonds is 7. The lowest BCUT2D eigenvalue weighted by Crippen LogP contribution is -2.38. The molecule has 33 heavy (non-hydrogen) atoms. The summed E-state index contributed by atoms with van der Waals surface area (Å²) in [6.07, 6.45) is 3.82. The van der Waals surface area contributed by atoms with E-state index >= 15 is 0 Å². The number of aromatic hydroxyl groups is 1. The maximum atomic E-state index is 13.1. The number of morpholine rings is 1. The van der Waals surface area contributed by atoms with Gasteiger partial charge in [-0.15, -0.1) is 0 Å². The zero-order valence-corrected chi connectivity index (χ0v) is 18.4. The molecule has 3 heterocycles. The van der Waals surface area contributed by atoms with Crippen molar-refractivity contribution in [3.8, 4) is 11.5 Å². The molecule has 2 saturated heterocycles. The SMILES string of the molecule is COc1ccc(C(O)=C2C(=O)C(=O)N(CCCN3CCOCC3)[C@@H]2c2ccncc2)c(O)c1. The van der Waals surface area contributed by atoms with E-state index in [2.05, 4.69) is 9.88 Å². The minimum absolute atomic E-state index is 0.0566. The molecule has 9 nitrogen and oxygen atoms in total. The number of phenols is 1. The Morgan fingerprint density at radius 1 is 1.15 bits per heavy atom. The van der Waals surface area contributed by atoms with Gasteiger partial charge in [0.25, 0.3) is 11.7 Å². The molecular weight excluding hydrogens is 426 g/mol. The molecule has 2 aliphatic rings. The molecular formula is C24H27N3O6. The van der Waals surface area contributed by atoms with Crippen LogP contribution in [0.3, 0.4) is 0 Å². The van der Waals surface area contributed by atoms with Crippen LogP contribution in [-0.2, 0) is 14.3 Å². The number of ketones is 1. The number of hydrogen-bond donors (Lipinski definition) is 2. The number of likely N-dealkylation sites (tertiary alicyclic amines) is 1. The van der Waals surface area contributed by atoms with Crippen LogP contribution in [0, 0.1) is 0 Å². The van der Waals surface area contributed by atoms with Gasteiger partial charge in [-0.25, -0.2) is 0 Å². The third kappa shape index (κ3) is 4.69. The van der Waals surface area contributed by atoms with Gasteiger partial charge in [0.2, 0.25) is 0 Å². The van der Waals surface area contributed by atoms with Crippen LogP contribution in [0.15, 0.2) is 48.3 Å². The molecule has 0 bridgehead atoms. The molecule has 0 spiro atoms. The summed E-state index contributed by atoms with van der Waals surface area (Å²) in [5, 5.41) is 21.5. The average molecular weight is 453 g/mol. The Morgan fingerprint density at radius 3 is 2.55 bits per heavy atom. The van der Waals surface area contributed by atoms with Gasteiger partial charge in [-0.3, -0.25) is 19.5 Å². The number of nitrogens with zero attached hydrogens (tertiary/aromatic N) is 3. The topological polar surface area (TPSA) is 112 Å². The molecule has 0 aliphatic carbocycles. The molecule has 9 heteroatoms. The summed E-state index contributed by atoms with van der Waals surface area (Å²) in [7, 11) is 1.46. The molecule has 2 N–H and O–H groups in total. The number of carbonyl (C=O) groups excluding carboxylic acids is 2. The second-order valence-corrected chi connectivity index (χ2v) is 7.96. The molecule has 2 aliphatic heterocycles. The van der Waals surface area contributed by atoms with Crippen LogP contribution < -0.4 is 4.74 Å². The Bertz CT molecular complexity index is 1050. The van der Waals surface area contributed by atoms with E-state index in [0.29, 0.717) is 37.5 Å². The van der Waals surface area contributed by atoms with Gasteiger partial charge < -0.3 is 24.6 Å². The highest BCUT2D eigenvalue weighted by Crippen LogP contribution is 2.41. The highest BCUT2D eigenvalue weighted by molar-refractivity contribution is 6.46. The normalized spacial score (nSPS) is 20.9. The van der Waals surface area contributed by atoms with E-state index in [1.807, 2.05) is 0 Å². The monoisotopic (exact) mass is 453 g/mol. The number of aromatic nitrogens is 1. The van der Waals surface area contributed by atoms with Gasteiger partial charge in [0.15, 0.2) is 0 Å². The Labute approximate surface area is 191 Å². The Balaban J connectivity index is 1.67. The average Bonchev–Trinajstić information content (AvgIpc) is 3.10. The third-order valence-corrected chi connectivity index (χ3v) is 6.00. The molecule has 174 valence electrons. The van der Waals surface area contributed by atoms with Crippen molar-refractivity contribution in [3.63, 3.8) is 0 Å². The van der Waals surface area contributed by atoms with E-state index in [0.717, 1.165) is 19.6 Å². The minimum atomic E-state index is -0.782. The first kappa shape index (κ1) is 22.8. The summed E-state index contributed by atoms with van der Waals surface area (Å²) in [6.45, 7) is 4.17. The van der Waals surface area contributed by atoms with E-state index in [4.69, 9.17) is 9.47 Å². The number of aliphatic hydroxyl groups is 1. The Kier molecular flexibility index (Phi) is 6.90. The van der Waals surface area contributed by atoms with Gasteiger partial charge in [-0.2, -0.15) is 0 Å². The summed E-state index contributed by atoms with van der Waals surface area (Å²) in [4.78, 5) is 33.8. The van der Waals surface area contributed by atoms with Crippen LogP contribution >= 0.6 is 0 Å². The molecule has 1 atom stereocenters. The molecule has 1 aromatic heterocycles. The molecule has 0 saturated carbocycles. The lowest BCUT2D eigenvalue weighted by molar-refractivity contribution is -0.140. The number of phenolic OH excluding ortho intramolecular Hbond substituents is 1. The summed E-state index contributed by atoms with van der Waals surface area (Å²) >= 11 is 0. The van der Waals surface area contributed by atoms with E-state index < -0.39 is 23.5 Å². The summed E-state index contributed by atoms with van der Waals surface area (Å²) in [6, 6.07) is 7.01. The van der Waals surface area contributed by atoms with Crippen LogP contribution in [-0.4, -0.2) is 83.2 Å². The third-order valence-electron chi connectivity index (χ3n) is 6.00. The highest BCUT2D eigenvalue weighted by atomic mass is 16.5. The summed E-state index contributed by atoms with van der Waals surface area (Å²) < 4.78 is 10.5. The summed E-state index contributed by atoms with van der Waals surface area (Å²) in [5.74, 6) is -1.73. The predicted octanol–water partition coefficient (Wildman–Crippen LogP) is 1.94. The lowest BCUT2D eigenvalue weighted by Gasteiger charge is -2.29. The molecule has 2 fully saturated rings. The largest absolute Gasteiger partial charge is 0.507 e. The lowest BCUT2D eigenvalue weighted by atomic mass is 9.95. The Hall–Kier alpha value is -3.43. The maximum Gasteiger partial charge on any atom is 0.295 e. The van der Waals surface area contributed by atoms with Gasteiger partial charge in [0, 0.05) is 44.6 Å². The molecule has 1 aromatic carbocycles. The molecule has 0 unspecified atom stereocenters. The second kappa shape index (κ2) is 10.0.